The Morgan fingerprint density at radius 1 is 1.25 bits per heavy atom. The minimum absolute atomic E-state index is 0.0944. The van der Waals surface area contributed by atoms with Crippen LogP contribution in [0.25, 0.3) is 11.0 Å². The van der Waals surface area contributed by atoms with Crippen molar-refractivity contribution < 1.29 is 8.42 Å². The normalized spacial score (nSPS) is 19.3. The molecule has 0 spiro atoms. The predicted molar refractivity (Wildman–Crippen MR) is 90.1 cm³/mol. The molecule has 1 atom stereocenters. The Bertz CT molecular complexity index is 985. The lowest BCUT2D eigenvalue weighted by Crippen LogP contribution is -2.29. The highest BCUT2D eigenvalue weighted by atomic mass is 32.2. The van der Waals surface area contributed by atoms with Crippen LogP contribution in [0.15, 0.2) is 41.8 Å². The Morgan fingerprint density at radius 3 is 2.79 bits per heavy atom. The standard InChI is InChI=1S/C16H19N5O2S/c1-12-18-16(10-19(12)2)24(22,23)20-8-7-13(9-20)21-11-17-14-5-3-4-6-15(14)21/h3-6,10-11,13H,7-9H2,1-2H3. The maximum atomic E-state index is 12.8. The molecule has 3 aromatic rings. The van der Waals surface area contributed by atoms with Crippen LogP contribution in [-0.2, 0) is 17.1 Å². The van der Waals surface area contributed by atoms with E-state index in [-0.39, 0.29) is 11.1 Å². The highest BCUT2D eigenvalue weighted by Crippen LogP contribution is 2.29. The molecule has 2 aromatic heterocycles. The van der Waals surface area contributed by atoms with Gasteiger partial charge in [0, 0.05) is 26.3 Å². The fraction of sp³-hybridized carbons (Fsp3) is 0.375. The molecule has 0 saturated carbocycles. The molecule has 24 heavy (non-hydrogen) atoms. The Morgan fingerprint density at radius 2 is 2.04 bits per heavy atom. The van der Waals surface area contributed by atoms with Crippen LogP contribution in [0.3, 0.4) is 0 Å². The van der Waals surface area contributed by atoms with Gasteiger partial charge in [0.1, 0.15) is 5.82 Å². The van der Waals surface area contributed by atoms with Crippen LogP contribution >= 0.6 is 0 Å². The van der Waals surface area contributed by atoms with E-state index in [1.807, 2.05) is 24.3 Å². The summed E-state index contributed by atoms with van der Waals surface area (Å²) in [5, 5.41) is 0.124. The van der Waals surface area contributed by atoms with Gasteiger partial charge in [-0.05, 0) is 25.5 Å². The number of hydrogen-bond donors (Lipinski definition) is 0. The number of hydrogen-bond acceptors (Lipinski definition) is 4. The number of nitrogens with zero attached hydrogens (tertiary/aromatic N) is 5. The zero-order valence-electron chi connectivity index (χ0n) is 13.6. The monoisotopic (exact) mass is 345 g/mol. The first-order valence-corrected chi connectivity index (χ1v) is 9.32. The molecule has 1 fully saturated rings. The lowest BCUT2D eigenvalue weighted by molar-refractivity contribution is 0.453. The third-order valence-electron chi connectivity index (χ3n) is 4.69. The van der Waals surface area contributed by atoms with Gasteiger partial charge in [0.25, 0.3) is 10.0 Å². The van der Waals surface area contributed by atoms with Gasteiger partial charge in [-0.2, -0.15) is 4.31 Å². The predicted octanol–water partition coefficient (Wildman–Crippen LogP) is 1.71. The lowest BCUT2D eigenvalue weighted by Gasteiger charge is -2.16. The van der Waals surface area contributed by atoms with Crippen molar-refractivity contribution >= 4 is 21.1 Å². The van der Waals surface area contributed by atoms with Gasteiger partial charge < -0.3 is 9.13 Å². The molecule has 0 radical (unpaired) electrons. The summed E-state index contributed by atoms with van der Waals surface area (Å²) in [6.45, 7) is 2.73. The zero-order chi connectivity index (χ0) is 16.9. The molecule has 0 aliphatic carbocycles. The molecule has 0 N–H and O–H groups in total. The molecule has 8 heteroatoms. The third kappa shape index (κ3) is 2.33. The molecule has 126 valence electrons. The molecule has 4 rings (SSSR count). The van der Waals surface area contributed by atoms with E-state index in [2.05, 4.69) is 14.5 Å². The largest absolute Gasteiger partial charge is 0.337 e. The first-order valence-electron chi connectivity index (χ1n) is 7.88. The molecule has 1 aliphatic heterocycles. The number of sulfonamides is 1. The smallest absolute Gasteiger partial charge is 0.262 e. The van der Waals surface area contributed by atoms with Gasteiger partial charge in [0.05, 0.1) is 23.4 Å². The summed E-state index contributed by atoms with van der Waals surface area (Å²) < 4.78 is 30.9. The third-order valence-corrected chi connectivity index (χ3v) is 6.43. The molecule has 1 aliphatic rings. The van der Waals surface area contributed by atoms with Crippen LogP contribution < -0.4 is 0 Å². The van der Waals surface area contributed by atoms with Gasteiger partial charge in [-0.1, -0.05) is 12.1 Å². The summed E-state index contributed by atoms with van der Waals surface area (Å²) in [4.78, 5) is 8.58. The maximum absolute atomic E-state index is 12.8. The van der Waals surface area contributed by atoms with Crippen molar-refractivity contribution in [3.05, 3.63) is 42.6 Å². The van der Waals surface area contributed by atoms with Crippen molar-refractivity contribution in [1.82, 2.24) is 23.4 Å². The molecular weight excluding hydrogens is 326 g/mol. The minimum atomic E-state index is -3.55. The van der Waals surface area contributed by atoms with E-state index >= 15 is 0 Å². The van der Waals surface area contributed by atoms with E-state index in [0.29, 0.717) is 18.9 Å². The Labute approximate surface area is 140 Å². The fourth-order valence-corrected chi connectivity index (χ4v) is 4.73. The minimum Gasteiger partial charge on any atom is -0.337 e. The number of aryl methyl sites for hydroxylation is 2. The van der Waals surface area contributed by atoms with Crippen LogP contribution in [0.2, 0.25) is 0 Å². The Hall–Kier alpha value is -2.19. The summed E-state index contributed by atoms with van der Waals surface area (Å²) in [5.74, 6) is 0.685. The SMILES string of the molecule is Cc1nc(S(=O)(=O)N2CCC(n3cnc4ccccc43)C2)cn1C. The van der Waals surface area contributed by atoms with E-state index in [0.717, 1.165) is 17.5 Å². The van der Waals surface area contributed by atoms with Crippen molar-refractivity contribution in [3.63, 3.8) is 0 Å². The molecule has 0 amide bonds. The van der Waals surface area contributed by atoms with E-state index in [9.17, 15) is 8.42 Å². The number of fused-ring (bicyclic) bond motifs is 1. The number of aromatic nitrogens is 4. The van der Waals surface area contributed by atoms with Gasteiger partial charge in [-0.3, -0.25) is 0 Å². The molecule has 1 saturated heterocycles. The van der Waals surface area contributed by atoms with Crippen molar-refractivity contribution in [2.24, 2.45) is 7.05 Å². The molecule has 1 unspecified atom stereocenters. The highest BCUT2D eigenvalue weighted by molar-refractivity contribution is 7.89. The number of para-hydroxylation sites is 2. The quantitative estimate of drug-likeness (QED) is 0.724. The van der Waals surface area contributed by atoms with Crippen molar-refractivity contribution in [2.45, 2.75) is 24.4 Å². The van der Waals surface area contributed by atoms with Crippen LogP contribution in [0, 0.1) is 6.92 Å². The van der Waals surface area contributed by atoms with Crippen molar-refractivity contribution in [1.29, 1.82) is 0 Å². The Kier molecular flexibility index (Phi) is 3.47. The topological polar surface area (TPSA) is 73.0 Å². The fourth-order valence-electron chi connectivity index (χ4n) is 3.21. The summed E-state index contributed by atoms with van der Waals surface area (Å²) >= 11 is 0. The average Bonchev–Trinajstić information content (AvgIpc) is 3.26. The van der Waals surface area contributed by atoms with Crippen LogP contribution in [-0.4, -0.2) is 44.9 Å². The number of rotatable bonds is 3. The molecule has 3 heterocycles. The second kappa shape index (κ2) is 5.42. The van der Waals surface area contributed by atoms with Crippen LogP contribution in [0.5, 0.6) is 0 Å². The van der Waals surface area contributed by atoms with Gasteiger partial charge in [0.15, 0.2) is 5.03 Å². The zero-order valence-corrected chi connectivity index (χ0v) is 14.4. The molecular formula is C16H19N5O2S. The first kappa shape index (κ1) is 15.3. The van der Waals surface area contributed by atoms with E-state index < -0.39 is 10.0 Å². The van der Waals surface area contributed by atoms with Crippen molar-refractivity contribution in [3.8, 4) is 0 Å². The highest BCUT2D eigenvalue weighted by Gasteiger charge is 2.35. The number of benzene rings is 1. The van der Waals surface area contributed by atoms with E-state index in [4.69, 9.17) is 0 Å². The van der Waals surface area contributed by atoms with Crippen LogP contribution in [0.1, 0.15) is 18.3 Å². The molecule has 1 aromatic carbocycles. The van der Waals surface area contributed by atoms with Gasteiger partial charge in [-0.25, -0.2) is 18.4 Å². The average molecular weight is 345 g/mol. The second-order valence-electron chi connectivity index (χ2n) is 6.18. The van der Waals surface area contributed by atoms with Crippen molar-refractivity contribution in [2.75, 3.05) is 13.1 Å². The molecule has 0 bridgehead atoms. The summed E-state index contributed by atoms with van der Waals surface area (Å²) in [5.41, 5.74) is 1.97. The summed E-state index contributed by atoms with van der Waals surface area (Å²) in [6.07, 6.45) is 4.15. The Balaban J connectivity index is 1.62. The summed E-state index contributed by atoms with van der Waals surface area (Å²) in [7, 11) is -1.75. The van der Waals surface area contributed by atoms with Gasteiger partial charge in [-0.15, -0.1) is 0 Å². The van der Waals surface area contributed by atoms with E-state index in [1.54, 1.807) is 31.1 Å². The van der Waals surface area contributed by atoms with Crippen LogP contribution in [0.4, 0.5) is 0 Å². The van der Waals surface area contributed by atoms with Gasteiger partial charge in [0.2, 0.25) is 0 Å². The summed E-state index contributed by atoms with van der Waals surface area (Å²) in [6, 6.07) is 8.00. The molecule has 7 nitrogen and oxygen atoms in total. The number of imidazole rings is 2. The lowest BCUT2D eigenvalue weighted by atomic mass is 10.2. The van der Waals surface area contributed by atoms with Gasteiger partial charge >= 0.3 is 0 Å². The second-order valence-corrected chi connectivity index (χ2v) is 8.07. The van der Waals surface area contributed by atoms with E-state index in [1.165, 1.54) is 4.31 Å². The first-order chi connectivity index (χ1) is 11.5. The maximum Gasteiger partial charge on any atom is 0.262 e.